The standard InChI is InChI=1S/C8H6Cl2OS/c9-5-8(12-11)6-1-3-7(10)4-2-6/h1-4H,5H2. The van der Waals surface area contributed by atoms with Crippen LogP contribution in [0.5, 0.6) is 0 Å². The Bertz CT molecular complexity index is 314. The fraction of sp³-hybridized carbons (Fsp3) is 0.125. The fourth-order valence-electron chi connectivity index (χ4n) is 0.783. The first-order valence-corrected chi connectivity index (χ1v) is 4.91. The largest absolute Gasteiger partial charge is 0.212 e. The summed E-state index contributed by atoms with van der Waals surface area (Å²) in [6, 6.07) is 7.04. The van der Waals surface area contributed by atoms with E-state index in [1.165, 1.54) is 0 Å². The van der Waals surface area contributed by atoms with Gasteiger partial charge in [-0.2, -0.15) is 0 Å². The molecule has 64 valence electrons. The molecule has 0 heterocycles. The number of halogens is 2. The van der Waals surface area contributed by atoms with E-state index in [0.717, 1.165) is 5.56 Å². The lowest BCUT2D eigenvalue weighted by atomic mass is 10.2. The third-order valence-electron chi connectivity index (χ3n) is 1.39. The van der Waals surface area contributed by atoms with E-state index < -0.39 is 0 Å². The third kappa shape index (κ3) is 2.34. The first kappa shape index (κ1) is 9.78. The van der Waals surface area contributed by atoms with Crippen molar-refractivity contribution in [3.63, 3.8) is 0 Å². The van der Waals surface area contributed by atoms with Crippen LogP contribution in [0.2, 0.25) is 5.02 Å². The molecule has 0 aliphatic rings. The second kappa shape index (κ2) is 4.65. The summed E-state index contributed by atoms with van der Waals surface area (Å²) in [5, 5.41) is 0.656. The molecule has 1 nitrogen and oxygen atoms in total. The average Bonchev–Trinajstić information content (AvgIpc) is 2.10. The van der Waals surface area contributed by atoms with Gasteiger partial charge in [0.15, 0.2) is 0 Å². The van der Waals surface area contributed by atoms with Crippen molar-refractivity contribution in [2.24, 2.45) is 0 Å². The average molecular weight is 221 g/mol. The molecule has 0 aliphatic carbocycles. The molecule has 0 N–H and O–H groups in total. The maximum atomic E-state index is 10.5. The van der Waals surface area contributed by atoms with Gasteiger partial charge in [-0.05, 0) is 17.7 Å². The highest BCUT2D eigenvalue weighted by molar-refractivity contribution is 7.67. The summed E-state index contributed by atoms with van der Waals surface area (Å²) in [7, 11) is 0. The van der Waals surface area contributed by atoms with Gasteiger partial charge in [0, 0.05) is 5.02 Å². The van der Waals surface area contributed by atoms with Crippen LogP contribution in [0.15, 0.2) is 24.3 Å². The zero-order chi connectivity index (χ0) is 8.97. The van der Waals surface area contributed by atoms with Gasteiger partial charge < -0.3 is 0 Å². The molecule has 12 heavy (non-hydrogen) atoms. The van der Waals surface area contributed by atoms with Crippen LogP contribution in [0.25, 0.3) is 0 Å². The molecule has 1 aromatic rings. The van der Waals surface area contributed by atoms with Gasteiger partial charge in [0.25, 0.3) is 0 Å². The number of benzene rings is 1. The number of hydrogen-bond acceptors (Lipinski definition) is 1. The highest BCUT2D eigenvalue weighted by Gasteiger charge is 1.99. The van der Waals surface area contributed by atoms with Crippen molar-refractivity contribution in [3.8, 4) is 0 Å². The molecule has 0 unspecified atom stereocenters. The van der Waals surface area contributed by atoms with Crippen molar-refractivity contribution in [1.29, 1.82) is 0 Å². The minimum absolute atomic E-state index is 0.246. The lowest BCUT2D eigenvalue weighted by Gasteiger charge is -1.97. The van der Waals surface area contributed by atoms with Crippen molar-refractivity contribution in [1.82, 2.24) is 0 Å². The van der Waals surface area contributed by atoms with Gasteiger partial charge in [-0.3, -0.25) is 0 Å². The molecule has 0 radical (unpaired) electrons. The zero-order valence-corrected chi connectivity index (χ0v) is 8.42. The number of alkyl halides is 1. The zero-order valence-electron chi connectivity index (χ0n) is 6.09. The molecule has 4 heteroatoms. The van der Waals surface area contributed by atoms with E-state index in [-0.39, 0.29) is 5.88 Å². The van der Waals surface area contributed by atoms with Crippen molar-refractivity contribution < 1.29 is 4.21 Å². The molecule has 0 spiro atoms. The first-order chi connectivity index (χ1) is 5.77. The van der Waals surface area contributed by atoms with Gasteiger partial charge in [-0.15, -0.1) is 11.6 Å². The van der Waals surface area contributed by atoms with Crippen LogP contribution in [0, 0.1) is 0 Å². The Labute approximate surface area is 84.4 Å². The molecule has 1 aromatic carbocycles. The van der Waals surface area contributed by atoms with Crippen LogP contribution in [-0.2, 0) is 11.3 Å². The molecule has 0 aliphatic heterocycles. The molecule has 0 fully saturated rings. The van der Waals surface area contributed by atoms with Crippen molar-refractivity contribution in [3.05, 3.63) is 34.9 Å². The summed E-state index contributed by atoms with van der Waals surface area (Å²) >= 11 is 11.6. The van der Waals surface area contributed by atoms with Gasteiger partial charge in [0.05, 0.1) is 22.0 Å². The van der Waals surface area contributed by atoms with E-state index in [4.69, 9.17) is 23.2 Å². The van der Waals surface area contributed by atoms with Crippen LogP contribution in [0.3, 0.4) is 0 Å². The van der Waals surface area contributed by atoms with Gasteiger partial charge in [0.1, 0.15) is 0 Å². The number of rotatable bonds is 2. The molecule has 0 saturated carbocycles. The summed E-state index contributed by atoms with van der Waals surface area (Å²) in [5.74, 6) is 0.246. The monoisotopic (exact) mass is 220 g/mol. The minimum atomic E-state index is 0.246. The highest BCUT2D eigenvalue weighted by Crippen LogP contribution is 2.10. The molecular weight excluding hydrogens is 215 g/mol. The lowest BCUT2D eigenvalue weighted by molar-refractivity contribution is 0.701. The molecule has 0 saturated heterocycles. The Morgan fingerprint density at radius 3 is 2.33 bits per heavy atom. The van der Waals surface area contributed by atoms with Crippen molar-refractivity contribution >= 4 is 39.3 Å². The minimum Gasteiger partial charge on any atom is -0.212 e. The Morgan fingerprint density at radius 2 is 1.92 bits per heavy atom. The Morgan fingerprint density at radius 1 is 1.33 bits per heavy atom. The second-order valence-corrected chi connectivity index (χ2v) is 3.51. The summed E-state index contributed by atoms with van der Waals surface area (Å²) in [4.78, 5) is 0.619. The summed E-state index contributed by atoms with van der Waals surface area (Å²) < 4.78 is 10.5. The predicted molar refractivity (Wildman–Crippen MR) is 54.4 cm³/mol. The molecular formula is C8H6Cl2OS. The van der Waals surface area contributed by atoms with Gasteiger partial charge in [-0.1, -0.05) is 23.7 Å². The van der Waals surface area contributed by atoms with Crippen LogP contribution in [0.1, 0.15) is 5.56 Å². The summed E-state index contributed by atoms with van der Waals surface area (Å²) in [6.45, 7) is 0. The maximum absolute atomic E-state index is 10.5. The topological polar surface area (TPSA) is 17.1 Å². The van der Waals surface area contributed by atoms with Gasteiger partial charge in [0.2, 0.25) is 0 Å². The van der Waals surface area contributed by atoms with E-state index in [9.17, 15) is 4.21 Å². The lowest BCUT2D eigenvalue weighted by Crippen LogP contribution is -2.00. The number of hydrogen-bond donors (Lipinski definition) is 0. The Hall–Kier alpha value is -0.310. The molecule has 0 atom stereocenters. The molecule has 1 rings (SSSR count). The van der Waals surface area contributed by atoms with Crippen LogP contribution >= 0.6 is 23.2 Å². The summed E-state index contributed by atoms with van der Waals surface area (Å²) in [6.07, 6.45) is 0. The first-order valence-electron chi connectivity index (χ1n) is 3.25. The molecule has 0 aromatic heterocycles. The quantitative estimate of drug-likeness (QED) is 0.425. The molecule has 0 amide bonds. The van der Waals surface area contributed by atoms with E-state index in [1.807, 2.05) is 0 Å². The summed E-state index contributed by atoms with van der Waals surface area (Å²) in [5.41, 5.74) is 0.842. The van der Waals surface area contributed by atoms with Gasteiger partial charge >= 0.3 is 0 Å². The fourth-order valence-corrected chi connectivity index (χ4v) is 1.47. The van der Waals surface area contributed by atoms with Crippen molar-refractivity contribution in [2.75, 3.05) is 5.88 Å². The normalized spacial score (nSPS) is 9.50. The third-order valence-corrected chi connectivity index (χ3v) is 2.65. The van der Waals surface area contributed by atoms with Crippen molar-refractivity contribution in [2.45, 2.75) is 0 Å². The Balaban J connectivity index is 3.04. The predicted octanol–water partition coefficient (Wildman–Crippen LogP) is 2.31. The van der Waals surface area contributed by atoms with E-state index in [1.54, 1.807) is 24.3 Å². The van der Waals surface area contributed by atoms with E-state index in [2.05, 4.69) is 0 Å². The Kier molecular flexibility index (Phi) is 3.79. The second-order valence-electron chi connectivity index (χ2n) is 2.15. The van der Waals surface area contributed by atoms with E-state index in [0.29, 0.717) is 21.1 Å². The van der Waals surface area contributed by atoms with E-state index >= 15 is 0 Å². The smallest absolute Gasteiger partial charge is 0.0939 e. The molecule has 0 bridgehead atoms. The maximum Gasteiger partial charge on any atom is 0.0939 e. The van der Waals surface area contributed by atoms with Crippen LogP contribution in [-0.4, -0.2) is 15.0 Å². The van der Waals surface area contributed by atoms with Gasteiger partial charge in [-0.25, -0.2) is 4.21 Å². The van der Waals surface area contributed by atoms with Crippen LogP contribution < -0.4 is 0 Å². The SMILES string of the molecule is O=S=C(CCl)c1ccc(Cl)cc1. The highest BCUT2D eigenvalue weighted by atomic mass is 35.5. The van der Waals surface area contributed by atoms with Crippen LogP contribution in [0.4, 0.5) is 0 Å².